The van der Waals surface area contributed by atoms with Crippen LogP contribution in [-0.2, 0) is 24.4 Å². The number of rotatable bonds is 12. The summed E-state index contributed by atoms with van der Waals surface area (Å²) in [7, 11) is -1.22. The summed E-state index contributed by atoms with van der Waals surface area (Å²) in [6.45, 7) is 10.6. The highest BCUT2D eigenvalue weighted by Crippen LogP contribution is 2.28. The zero-order valence-corrected chi connectivity index (χ0v) is 23.8. The van der Waals surface area contributed by atoms with E-state index >= 15 is 0 Å². The van der Waals surface area contributed by atoms with Crippen molar-refractivity contribution >= 4 is 36.6 Å². The van der Waals surface area contributed by atoms with Crippen LogP contribution in [0.2, 0.25) is 25.7 Å². The summed E-state index contributed by atoms with van der Waals surface area (Å²) in [5, 5.41) is 22.2. The van der Waals surface area contributed by atoms with Gasteiger partial charge in [-0.25, -0.2) is 19.6 Å². The third-order valence-electron chi connectivity index (χ3n) is 6.73. The molecule has 1 aliphatic heterocycles. The van der Waals surface area contributed by atoms with E-state index in [2.05, 4.69) is 79.4 Å². The van der Waals surface area contributed by atoms with E-state index in [-0.39, 0.29) is 6.73 Å². The maximum absolute atomic E-state index is 10.9. The van der Waals surface area contributed by atoms with Gasteiger partial charge in [0, 0.05) is 53.3 Å². The lowest BCUT2D eigenvalue weighted by Gasteiger charge is -2.30. The molecule has 0 unspecified atom stereocenters. The Balaban J connectivity index is 1.30. The molecule has 206 valence electrons. The number of hydrogen-bond donors (Lipinski definition) is 3. The number of fused-ring (bicyclic) bond motifs is 2. The van der Waals surface area contributed by atoms with Crippen LogP contribution in [0.5, 0.6) is 0 Å². The number of ether oxygens (including phenoxy) is 1. The molecule has 1 atom stereocenters. The highest BCUT2D eigenvalue weighted by molar-refractivity contribution is 6.76. The van der Waals surface area contributed by atoms with Crippen LogP contribution in [0.25, 0.3) is 11.0 Å². The molecule has 4 aromatic rings. The summed E-state index contributed by atoms with van der Waals surface area (Å²) >= 11 is 0. The molecule has 1 aromatic carbocycles. The molecule has 0 aliphatic carbocycles. The Hall–Kier alpha value is -3.45. The smallest absolute Gasteiger partial charge is 0.175 e. The monoisotopic (exact) mass is 547 g/mol. The van der Waals surface area contributed by atoms with Crippen LogP contribution in [-0.4, -0.2) is 80.1 Å². The molecule has 0 radical (unpaired) electrons. The summed E-state index contributed by atoms with van der Waals surface area (Å²) < 4.78 is 7.78. The second-order valence-electron chi connectivity index (χ2n) is 11.1. The van der Waals surface area contributed by atoms with Gasteiger partial charge in [-0.1, -0.05) is 43.9 Å². The number of nitrogens with one attached hydrogen (secondary N) is 2. The van der Waals surface area contributed by atoms with Crippen LogP contribution in [0.1, 0.15) is 11.1 Å². The van der Waals surface area contributed by atoms with Crippen LogP contribution in [0.15, 0.2) is 49.2 Å². The Morgan fingerprint density at radius 2 is 1.92 bits per heavy atom. The molecule has 3 aromatic heterocycles. The predicted octanol–water partition coefficient (Wildman–Crippen LogP) is 3.50. The minimum absolute atomic E-state index is 0.265. The van der Waals surface area contributed by atoms with Crippen molar-refractivity contribution in [3.8, 4) is 0 Å². The molecule has 4 heterocycles. The average molecular weight is 548 g/mol. The number of aliphatic hydroxyl groups excluding tert-OH is 1. The molecule has 5 rings (SSSR count). The molecule has 0 saturated heterocycles. The average Bonchev–Trinajstić information content (AvgIpc) is 3.28. The van der Waals surface area contributed by atoms with Crippen molar-refractivity contribution in [2.24, 2.45) is 0 Å². The Kier molecular flexibility index (Phi) is 8.46. The van der Waals surface area contributed by atoms with Crippen molar-refractivity contribution in [3.05, 3.63) is 60.3 Å². The van der Waals surface area contributed by atoms with Crippen LogP contribution in [0, 0.1) is 0 Å². The van der Waals surface area contributed by atoms with Crippen molar-refractivity contribution < 1.29 is 9.84 Å². The van der Waals surface area contributed by atoms with Gasteiger partial charge < -0.3 is 20.5 Å². The van der Waals surface area contributed by atoms with Crippen molar-refractivity contribution in [2.45, 2.75) is 51.5 Å². The highest BCUT2D eigenvalue weighted by Gasteiger charge is 2.21. The van der Waals surface area contributed by atoms with E-state index in [1.165, 1.54) is 17.5 Å². The van der Waals surface area contributed by atoms with Gasteiger partial charge in [0.05, 0.1) is 12.3 Å². The molecule has 3 N–H and O–H groups in total. The molecule has 12 heteroatoms. The minimum atomic E-state index is -1.22. The Bertz CT molecular complexity index is 1380. The quantitative estimate of drug-likeness (QED) is 0.179. The third-order valence-corrected chi connectivity index (χ3v) is 8.43. The van der Waals surface area contributed by atoms with Gasteiger partial charge in [0.1, 0.15) is 29.9 Å². The molecule has 0 saturated carbocycles. The normalized spacial score (nSPS) is 14.8. The van der Waals surface area contributed by atoms with E-state index in [1.807, 2.05) is 0 Å². The molecule has 0 fully saturated rings. The topological polar surface area (TPSA) is 126 Å². The van der Waals surface area contributed by atoms with Gasteiger partial charge in [0.25, 0.3) is 0 Å². The standard InChI is InChI=1S/C27H37N9O2Si/c1-39(2,3)13-12-38-19-36-25-24(31-18-32-27(25)33-23-15-28-9-10-29-23)26(34-36)30-14-22(37)17-35-11-8-20-6-4-5-7-21(20)16-35/h4-7,9-10,15,18,22,37H,8,11-14,16-17,19H2,1-3H3,(H,30,34)(H,29,31,32,33)/t22-/m0/s1. The highest BCUT2D eigenvalue weighted by atomic mass is 28.3. The zero-order valence-electron chi connectivity index (χ0n) is 22.8. The molecule has 1 aliphatic rings. The maximum Gasteiger partial charge on any atom is 0.175 e. The fourth-order valence-electron chi connectivity index (χ4n) is 4.62. The first-order valence-electron chi connectivity index (χ1n) is 13.4. The number of aliphatic hydroxyl groups is 1. The lowest BCUT2D eigenvalue weighted by molar-refractivity contribution is 0.0818. The van der Waals surface area contributed by atoms with Crippen molar-refractivity contribution in [1.29, 1.82) is 0 Å². The third kappa shape index (κ3) is 7.15. The van der Waals surface area contributed by atoms with E-state index in [4.69, 9.17) is 9.84 Å². The molecule has 0 spiro atoms. The summed E-state index contributed by atoms with van der Waals surface area (Å²) in [5.74, 6) is 1.70. The van der Waals surface area contributed by atoms with E-state index in [9.17, 15) is 5.11 Å². The molecule has 39 heavy (non-hydrogen) atoms. The lowest BCUT2D eigenvalue weighted by Crippen LogP contribution is -2.39. The number of anilines is 3. The number of benzene rings is 1. The second kappa shape index (κ2) is 12.2. The number of aromatic nitrogens is 6. The first-order chi connectivity index (χ1) is 18.9. The minimum Gasteiger partial charge on any atom is -0.390 e. The van der Waals surface area contributed by atoms with Gasteiger partial charge >= 0.3 is 0 Å². The Labute approximate surface area is 229 Å². The van der Waals surface area contributed by atoms with Crippen molar-refractivity contribution in [2.75, 3.05) is 36.9 Å². The molecular weight excluding hydrogens is 510 g/mol. The molecule has 0 amide bonds. The van der Waals surface area contributed by atoms with Gasteiger partial charge in [-0.2, -0.15) is 5.10 Å². The second-order valence-corrected chi connectivity index (χ2v) is 16.7. The van der Waals surface area contributed by atoms with Gasteiger partial charge in [-0.15, -0.1) is 0 Å². The van der Waals surface area contributed by atoms with Crippen LogP contribution < -0.4 is 10.6 Å². The Morgan fingerprint density at radius 1 is 1.08 bits per heavy atom. The van der Waals surface area contributed by atoms with Crippen LogP contribution in [0.3, 0.4) is 0 Å². The van der Waals surface area contributed by atoms with E-state index < -0.39 is 14.2 Å². The van der Waals surface area contributed by atoms with Crippen LogP contribution >= 0.6 is 0 Å². The molecular formula is C27H37N9O2Si. The zero-order chi connectivity index (χ0) is 27.2. The van der Waals surface area contributed by atoms with Gasteiger partial charge in [0.15, 0.2) is 11.6 Å². The number of β-amino-alcohol motifs (C(OH)–C–C–N with tert-alkyl or cyclic N) is 1. The van der Waals surface area contributed by atoms with Gasteiger partial charge in [-0.05, 0) is 23.6 Å². The van der Waals surface area contributed by atoms with E-state index in [0.717, 1.165) is 25.6 Å². The van der Waals surface area contributed by atoms with Gasteiger partial charge in [-0.3, -0.25) is 9.88 Å². The molecule has 0 bridgehead atoms. The Morgan fingerprint density at radius 3 is 2.72 bits per heavy atom. The van der Waals surface area contributed by atoms with E-state index in [0.29, 0.717) is 48.2 Å². The summed E-state index contributed by atoms with van der Waals surface area (Å²) in [5.41, 5.74) is 4.07. The van der Waals surface area contributed by atoms with Crippen molar-refractivity contribution in [1.82, 2.24) is 34.6 Å². The number of nitrogens with zero attached hydrogens (tertiary/aromatic N) is 7. The lowest BCUT2D eigenvalue weighted by atomic mass is 10.00. The predicted molar refractivity (Wildman–Crippen MR) is 155 cm³/mol. The first kappa shape index (κ1) is 27.1. The summed E-state index contributed by atoms with van der Waals surface area (Å²) in [6.07, 6.45) is 6.80. The van der Waals surface area contributed by atoms with Crippen molar-refractivity contribution in [3.63, 3.8) is 0 Å². The first-order valence-corrected chi connectivity index (χ1v) is 17.1. The SMILES string of the molecule is C[Si](C)(C)CCOCn1nc(NC[C@H](O)CN2CCc3ccccc3C2)c2ncnc(Nc3cnccn3)c21. The summed E-state index contributed by atoms with van der Waals surface area (Å²) in [4.78, 5) is 19.7. The fraction of sp³-hybridized carbons (Fsp3) is 0.444. The van der Waals surface area contributed by atoms with Crippen LogP contribution in [0.4, 0.5) is 17.5 Å². The number of hydrogen-bond acceptors (Lipinski definition) is 10. The fourth-order valence-corrected chi connectivity index (χ4v) is 5.38. The van der Waals surface area contributed by atoms with E-state index in [1.54, 1.807) is 23.3 Å². The van der Waals surface area contributed by atoms with Gasteiger partial charge in [0.2, 0.25) is 0 Å². The molecule has 11 nitrogen and oxygen atoms in total. The largest absolute Gasteiger partial charge is 0.390 e. The summed E-state index contributed by atoms with van der Waals surface area (Å²) in [6, 6.07) is 9.59. The maximum atomic E-state index is 10.9.